The zero-order valence-corrected chi connectivity index (χ0v) is 11.0. The van der Waals surface area contributed by atoms with Gasteiger partial charge in [-0.2, -0.15) is 0 Å². The predicted octanol–water partition coefficient (Wildman–Crippen LogP) is 2.87. The lowest BCUT2D eigenvalue weighted by atomic mass is 10.2. The number of carboxylic acid groups (broad SMARTS) is 1. The van der Waals surface area contributed by atoms with Gasteiger partial charge < -0.3 is 5.11 Å². The molecular formula is C14H9N3O2S. The standard InChI is InChI=1S/C14H9N3O2S/c18-14(19)9-5-6-12(15-7-9)20-13-10-3-1-2-4-11(10)16-8-17-13/h1-8H,(H,18,19). The maximum absolute atomic E-state index is 10.8. The van der Waals surface area contributed by atoms with Gasteiger partial charge in [0.15, 0.2) is 0 Å². The van der Waals surface area contributed by atoms with Crippen molar-refractivity contribution in [3.8, 4) is 0 Å². The molecule has 0 fully saturated rings. The van der Waals surface area contributed by atoms with Crippen LogP contribution in [-0.4, -0.2) is 26.0 Å². The fourth-order valence-electron chi connectivity index (χ4n) is 1.73. The summed E-state index contributed by atoms with van der Waals surface area (Å²) in [7, 11) is 0. The molecule has 2 aromatic heterocycles. The molecule has 0 amide bonds. The van der Waals surface area contributed by atoms with E-state index in [9.17, 15) is 4.79 Å². The van der Waals surface area contributed by atoms with Crippen molar-refractivity contribution in [2.45, 2.75) is 10.1 Å². The molecule has 0 spiro atoms. The molecule has 0 aliphatic carbocycles. The minimum Gasteiger partial charge on any atom is -0.478 e. The summed E-state index contributed by atoms with van der Waals surface area (Å²) in [6.07, 6.45) is 2.85. The van der Waals surface area contributed by atoms with Gasteiger partial charge in [0.25, 0.3) is 0 Å². The summed E-state index contributed by atoms with van der Waals surface area (Å²) in [4.78, 5) is 23.4. The van der Waals surface area contributed by atoms with Gasteiger partial charge in [-0.05, 0) is 30.0 Å². The lowest BCUT2D eigenvalue weighted by Gasteiger charge is -2.04. The van der Waals surface area contributed by atoms with E-state index in [1.165, 1.54) is 30.4 Å². The number of aromatic carboxylic acids is 1. The molecule has 0 unspecified atom stereocenters. The van der Waals surface area contributed by atoms with Gasteiger partial charge in [-0.1, -0.05) is 18.2 Å². The molecule has 5 nitrogen and oxygen atoms in total. The van der Waals surface area contributed by atoms with Gasteiger partial charge in [0.05, 0.1) is 11.1 Å². The van der Waals surface area contributed by atoms with E-state index < -0.39 is 5.97 Å². The summed E-state index contributed by atoms with van der Waals surface area (Å²) in [6.45, 7) is 0. The number of carboxylic acids is 1. The van der Waals surface area contributed by atoms with Gasteiger partial charge in [-0.25, -0.2) is 19.7 Å². The Morgan fingerprint density at radius 3 is 2.65 bits per heavy atom. The highest BCUT2D eigenvalue weighted by Crippen LogP contribution is 2.29. The van der Waals surface area contributed by atoms with Crippen molar-refractivity contribution in [2.24, 2.45) is 0 Å². The van der Waals surface area contributed by atoms with E-state index in [0.717, 1.165) is 15.9 Å². The highest BCUT2D eigenvalue weighted by atomic mass is 32.2. The number of benzene rings is 1. The number of para-hydroxylation sites is 1. The Labute approximate surface area is 118 Å². The van der Waals surface area contributed by atoms with Crippen LogP contribution in [0.15, 0.2) is 59.0 Å². The molecule has 98 valence electrons. The van der Waals surface area contributed by atoms with E-state index in [4.69, 9.17) is 5.11 Å². The number of carbonyl (C=O) groups is 1. The van der Waals surface area contributed by atoms with Crippen molar-refractivity contribution in [1.29, 1.82) is 0 Å². The topological polar surface area (TPSA) is 76.0 Å². The number of rotatable bonds is 3. The van der Waals surface area contributed by atoms with Crippen LogP contribution in [-0.2, 0) is 0 Å². The van der Waals surface area contributed by atoms with E-state index in [1.807, 2.05) is 24.3 Å². The zero-order chi connectivity index (χ0) is 13.9. The van der Waals surface area contributed by atoms with Crippen LogP contribution in [0.25, 0.3) is 10.9 Å². The Morgan fingerprint density at radius 2 is 1.90 bits per heavy atom. The number of pyridine rings is 1. The van der Waals surface area contributed by atoms with Crippen molar-refractivity contribution < 1.29 is 9.90 Å². The first-order chi connectivity index (χ1) is 9.74. The van der Waals surface area contributed by atoms with Crippen LogP contribution in [0.1, 0.15) is 10.4 Å². The quantitative estimate of drug-likeness (QED) is 0.745. The van der Waals surface area contributed by atoms with Gasteiger partial charge in [-0.15, -0.1) is 0 Å². The molecule has 0 saturated heterocycles. The third-order valence-corrected chi connectivity index (χ3v) is 3.66. The molecule has 1 aromatic carbocycles. The fourth-order valence-corrected chi connectivity index (χ4v) is 2.55. The molecule has 0 bridgehead atoms. The highest BCUT2D eigenvalue weighted by molar-refractivity contribution is 7.99. The van der Waals surface area contributed by atoms with Crippen molar-refractivity contribution in [3.05, 3.63) is 54.5 Å². The summed E-state index contributed by atoms with van der Waals surface area (Å²) < 4.78 is 0. The second-order valence-corrected chi connectivity index (χ2v) is 5.00. The van der Waals surface area contributed by atoms with Crippen molar-refractivity contribution in [2.75, 3.05) is 0 Å². The third kappa shape index (κ3) is 2.46. The smallest absolute Gasteiger partial charge is 0.337 e. The van der Waals surface area contributed by atoms with Crippen LogP contribution < -0.4 is 0 Å². The molecular weight excluding hydrogens is 274 g/mol. The van der Waals surface area contributed by atoms with Crippen molar-refractivity contribution >= 4 is 28.6 Å². The number of fused-ring (bicyclic) bond motifs is 1. The van der Waals surface area contributed by atoms with Gasteiger partial charge in [0, 0.05) is 11.6 Å². The molecule has 0 aliphatic rings. The van der Waals surface area contributed by atoms with Crippen molar-refractivity contribution in [3.63, 3.8) is 0 Å². The van der Waals surface area contributed by atoms with E-state index in [2.05, 4.69) is 15.0 Å². The first-order valence-electron chi connectivity index (χ1n) is 5.81. The molecule has 2 heterocycles. The average Bonchev–Trinajstić information content (AvgIpc) is 2.48. The first kappa shape index (κ1) is 12.6. The van der Waals surface area contributed by atoms with Gasteiger partial charge in [-0.3, -0.25) is 0 Å². The van der Waals surface area contributed by atoms with Gasteiger partial charge in [0.1, 0.15) is 16.4 Å². The normalized spacial score (nSPS) is 10.6. The average molecular weight is 283 g/mol. The number of aromatic nitrogens is 3. The number of hydrogen-bond acceptors (Lipinski definition) is 5. The molecule has 3 rings (SSSR count). The van der Waals surface area contributed by atoms with Crippen LogP contribution in [0, 0.1) is 0 Å². The fraction of sp³-hybridized carbons (Fsp3) is 0. The SMILES string of the molecule is O=C(O)c1ccc(Sc2ncnc3ccccc23)nc1. The van der Waals surface area contributed by atoms with Crippen LogP contribution >= 0.6 is 11.8 Å². The summed E-state index contributed by atoms with van der Waals surface area (Å²) in [5, 5.41) is 11.3. The third-order valence-electron chi connectivity index (χ3n) is 2.69. The van der Waals surface area contributed by atoms with Gasteiger partial charge in [0.2, 0.25) is 0 Å². The summed E-state index contributed by atoms with van der Waals surface area (Å²) in [5.41, 5.74) is 1.04. The van der Waals surface area contributed by atoms with E-state index in [1.54, 1.807) is 6.07 Å². The maximum Gasteiger partial charge on any atom is 0.337 e. The highest BCUT2D eigenvalue weighted by Gasteiger charge is 2.07. The molecule has 0 saturated carbocycles. The Morgan fingerprint density at radius 1 is 1.05 bits per heavy atom. The molecule has 0 radical (unpaired) electrons. The largest absolute Gasteiger partial charge is 0.478 e. The van der Waals surface area contributed by atoms with Crippen LogP contribution in [0.4, 0.5) is 0 Å². The molecule has 0 atom stereocenters. The Hall–Kier alpha value is -2.47. The maximum atomic E-state index is 10.8. The predicted molar refractivity (Wildman–Crippen MR) is 74.9 cm³/mol. The monoisotopic (exact) mass is 283 g/mol. The second kappa shape index (κ2) is 5.26. The van der Waals surface area contributed by atoms with E-state index in [0.29, 0.717) is 5.03 Å². The van der Waals surface area contributed by atoms with E-state index >= 15 is 0 Å². The minimum atomic E-state index is -0.985. The minimum absolute atomic E-state index is 0.168. The molecule has 0 aliphatic heterocycles. The second-order valence-electron chi connectivity index (χ2n) is 3.99. The molecule has 6 heteroatoms. The Balaban J connectivity index is 1.95. The summed E-state index contributed by atoms with van der Waals surface area (Å²) >= 11 is 1.38. The van der Waals surface area contributed by atoms with Crippen LogP contribution in [0.3, 0.4) is 0 Å². The van der Waals surface area contributed by atoms with Crippen molar-refractivity contribution in [1.82, 2.24) is 15.0 Å². The Kier molecular flexibility index (Phi) is 3.30. The first-order valence-corrected chi connectivity index (χ1v) is 6.62. The molecule has 20 heavy (non-hydrogen) atoms. The van der Waals surface area contributed by atoms with Gasteiger partial charge >= 0.3 is 5.97 Å². The van der Waals surface area contributed by atoms with E-state index in [-0.39, 0.29) is 5.56 Å². The van der Waals surface area contributed by atoms with Crippen LogP contribution in [0.2, 0.25) is 0 Å². The lowest BCUT2D eigenvalue weighted by Crippen LogP contribution is -1.96. The molecule has 3 aromatic rings. The lowest BCUT2D eigenvalue weighted by molar-refractivity contribution is 0.0696. The summed E-state index contributed by atoms with van der Waals surface area (Å²) in [6, 6.07) is 10.9. The number of nitrogens with zero attached hydrogens (tertiary/aromatic N) is 3. The summed E-state index contributed by atoms with van der Waals surface area (Å²) in [5.74, 6) is -0.985. The zero-order valence-electron chi connectivity index (χ0n) is 10.2. The molecule has 1 N–H and O–H groups in total. The van der Waals surface area contributed by atoms with Crippen LogP contribution in [0.5, 0.6) is 0 Å². The Bertz CT molecular complexity index is 769. The number of hydrogen-bond donors (Lipinski definition) is 1.